The summed E-state index contributed by atoms with van der Waals surface area (Å²) in [5, 5.41) is 28.6. The van der Waals surface area contributed by atoms with Crippen LogP contribution in [0.25, 0.3) is 9.69 Å². The number of nitrogen functional groups attached to an aromatic ring is 1. The van der Waals surface area contributed by atoms with Gasteiger partial charge in [-0.15, -0.1) is 46.4 Å². The van der Waals surface area contributed by atoms with Crippen LogP contribution in [0.1, 0.15) is 55.5 Å². The van der Waals surface area contributed by atoms with E-state index >= 15 is 0 Å². The predicted octanol–water partition coefficient (Wildman–Crippen LogP) is 9.19. The number of aryl methyl sites for hydroxylation is 1. The number of likely N-dealkylation sites (N-methyl/N-ethyl adjacent to an activating group) is 2. The van der Waals surface area contributed by atoms with Crippen LogP contribution in [0.15, 0.2) is 28.4 Å². The van der Waals surface area contributed by atoms with Gasteiger partial charge in [0.2, 0.25) is 10.0 Å². The first kappa shape index (κ1) is 45.7. The smallest absolute Gasteiger partial charge is 0.247 e. The van der Waals surface area contributed by atoms with E-state index in [1.807, 2.05) is 25.1 Å². The van der Waals surface area contributed by atoms with E-state index in [4.69, 9.17) is 43.1 Å². The van der Waals surface area contributed by atoms with Crippen LogP contribution in [0, 0.1) is 63.1 Å². The average Bonchev–Trinajstić information content (AvgIpc) is 3.66. The molecule has 1 aromatic carbocycles. The molecule has 0 amide bonds. The number of hydrogen-bond acceptors (Lipinski definition) is 12. The van der Waals surface area contributed by atoms with Gasteiger partial charge in [0.15, 0.2) is 0 Å². The lowest BCUT2D eigenvalue weighted by Gasteiger charge is -2.44. The highest BCUT2D eigenvalue weighted by Crippen LogP contribution is 2.41. The SMILES string of the molecule is [C-]#[N+]c1sc(N)c(C#N)c1C.[C-]#[N+]c1sc(N=Nc2ccc(N(CC)CCOCCOCCOCCOCC[N+]([CH-]C)(CC)CC)cc2C)c(C#N)c1C. The molecular weight excluding hydrogens is 723 g/mol. The Kier molecular flexibility index (Phi) is 21.0. The molecule has 0 saturated heterocycles. The molecule has 0 spiro atoms. The summed E-state index contributed by atoms with van der Waals surface area (Å²) in [6, 6.07) is 10.1. The second-order valence-corrected chi connectivity index (χ2v) is 14.0. The summed E-state index contributed by atoms with van der Waals surface area (Å²) >= 11 is 2.36. The van der Waals surface area contributed by atoms with Crippen molar-refractivity contribution in [3.8, 4) is 12.1 Å². The van der Waals surface area contributed by atoms with E-state index in [0.29, 0.717) is 88.5 Å². The molecule has 15 heteroatoms. The fourth-order valence-corrected chi connectivity index (χ4v) is 6.98. The minimum Gasteiger partial charge on any atom is -0.453 e. The van der Waals surface area contributed by atoms with Gasteiger partial charge in [0, 0.05) is 18.8 Å². The van der Waals surface area contributed by atoms with Gasteiger partial charge in [-0.1, -0.05) is 0 Å². The zero-order chi connectivity index (χ0) is 39.9. The molecule has 0 unspecified atom stereocenters. The van der Waals surface area contributed by atoms with Gasteiger partial charge in [-0.25, -0.2) is 9.69 Å². The number of azo groups is 1. The number of rotatable bonds is 22. The van der Waals surface area contributed by atoms with Crippen molar-refractivity contribution in [2.24, 2.45) is 10.2 Å². The zero-order valence-corrected chi connectivity index (χ0v) is 34.2. The van der Waals surface area contributed by atoms with Gasteiger partial charge < -0.3 is 34.1 Å². The molecule has 54 heavy (non-hydrogen) atoms. The predicted molar refractivity (Wildman–Crippen MR) is 217 cm³/mol. The van der Waals surface area contributed by atoms with Crippen molar-refractivity contribution < 1.29 is 23.4 Å². The van der Waals surface area contributed by atoms with E-state index in [9.17, 15) is 5.26 Å². The third-order valence-electron chi connectivity index (χ3n) is 8.96. The summed E-state index contributed by atoms with van der Waals surface area (Å²) in [6.07, 6.45) is 0. The van der Waals surface area contributed by atoms with Crippen molar-refractivity contribution >= 4 is 54.1 Å². The van der Waals surface area contributed by atoms with Crippen LogP contribution in [0.2, 0.25) is 0 Å². The summed E-state index contributed by atoms with van der Waals surface area (Å²) in [4.78, 5) is 8.95. The Balaban J connectivity index is 0.000000780. The number of anilines is 2. The molecule has 0 radical (unpaired) electrons. The Morgan fingerprint density at radius 3 is 1.81 bits per heavy atom. The van der Waals surface area contributed by atoms with Crippen molar-refractivity contribution in [2.45, 2.75) is 48.5 Å². The number of ether oxygens (including phenoxy) is 4. The van der Waals surface area contributed by atoms with Crippen LogP contribution in [0.3, 0.4) is 0 Å². The maximum Gasteiger partial charge on any atom is 0.247 e. The number of nitrogens with two attached hydrogens (primary N) is 1. The molecule has 0 bridgehead atoms. The molecular formula is C39H53N9O4S2. The Hall–Kier alpha value is -4.42. The highest BCUT2D eigenvalue weighted by Gasteiger charge is 2.15. The molecule has 0 atom stereocenters. The van der Waals surface area contributed by atoms with E-state index in [0.717, 1.165) is 60.8 Å². The minimum absolute atomic E-state index is 0.414. The lowest BCUT2D eigenvalue weighted by molar-refractivity contribution is -0.896. The molecule has 13 nitrogen and oxygen atoms in total. The van der Waals surface area contributed by atoms with Crippen molar-refractivity contribution in [3.63, 3.8) is 0 Å². The number of hydrogen-bond donors (Lipinski definition) is 1. The monoisotopic (exact) mass is 775 g/mol. The summed E-state index contributed by atoms with van der Waals surface area (Å²) in [5.41, 5.74) is 10.5. The second-order valence-electron chi connectivity index (χ2n) is 12.0. The third-order valence-corrected chi connectivity index (χ3v) is 11.0. The van der Waals surface area contributed by atoms with Crippen molar-refractivity contribution in [1.82, 2.24) is 0 Å². The van der Waals surface area contributed by atoms with Gasteiger partial charge in [0.1, 0.15) is 17.1 Å². The normalized spacial score (nSPS) is 11.0. The van der Waals surface area contributed by atoms with Gasteiger partial charge in [-0.3, -0.25) is 0 Å². The van der Waals surface area contributed by atoms with Crippen LogP contribution < -0.4 is 10.6 Å². The molecule has 2 heterocycles. The molecule has 2 aromatic heterocycles. The van der Waals surface area contributed by atoms with Crippen LogP contribution in [-0.2, 0) is 18.9 Å². The fraction of sp³-hybridized carbons (Fsp3) is 0.513. The topological polar surface area (TPSA) is 147 Å². The second kappa shape index (κ2) is 24.8. The lowest BCUT2D eigenvalue weighted by atomic mass is 10.1. The standard InChI is InChI=1S/C32H48N6O4S.C7H5N3S/c1-8-37(14-16-39-18-20-41-22-23-42-21-19-40-17-15-38(9-2,10-3)11-4)28-12-13-30(26(5)24-28)35-36-32-29(25-33)27(6)31(34-7)43-32;1-4-5(3-8)6(9)11-7(4)10-2/h9,12-13,24H,8,10-11,14-23H2,1-6H3;9H2,1H3. The molecule has 0 aliphatic carbocycles. The molecule has 3 rings (SSSR count). The number of benzene rings is 1. The largest absolute Gasteiger partial charge is 0.453 e. The molecule has 0 aliphatic rings. The Labute approximate surface area is 329 Å². The van der Waals surface area contributed by atoms with Gasteiger partial charge in [-0.2, -0.15) is 10.5 Å². The number of nitriles is 2. The average molecular weight is 776 g/mol. The number of quaternary nitrogens is 1. The highest BCUT2D eigenvalue weighted by atomic mass is 32.1. The van der Waals surface area contributed by atoms with Crippen LogP contribution in [0.5, 0.6) is 0 Å². The summed E-state index contributed by atoms with van der Waals surface area (Å²) in [7, 11) is 0. The molecule has 0 saturated carbocycles. The molecule has 2 N–H and O–H groups in total. The summed E-state index contributed by atoms with van der Waals surface area (Å²) < 4.78 is 23.7. The summed E-state index contributed by atoms with van der Waals surface area (Å²) in [6.45, 7) is 39.8. The number of thiophene rings is 2. The van der Waals surface area contributed by atoms with E-state index < -0.39 is 0 Å². The maximum absolute atomic E-state index is 9.43. The minimum atomic E-state index is 0.414. The first-order valence-electron chi connectivity index (χ1n) is 17.9. The van der Waals surface area contributed by atoms with Crippen LogP contribution in [0.4, 0.5) is 31.4 Å². The third kappa shape index (κ3) is 13.8. The zero-order valence-electron chi connectivity index (χ0n) is 32.6. The fourth-order valence-electron chi connectivity index (χ4n) is 5.30. The Bertz CT molecular complexity index is 1800. The van der Waals surface area contributed by atoms with Gasteiger partial charge in [0.05, 0.1) is 107 Å². The summed E-state index contributed by atoms with van der Waals surface area (Å²) in [5.74, 6) is 0. The molecule has 3 aromatic rings. The van der Waals surface area contributed by atoms with Crippen molar-refractivity contribution in [2.75, 3.05) is 96.2 Å². The molecule has 290 valence electrons. The Morgan fingerprint density at radius 1 is 0.815 bits per heavy atom. The van der Waals surface area contributed by atoms with E-state index in [1.54, 1.807) is 13.8 Å². The van der Waals surface area contributed by atoms with E-state index in [1.165, 1.54) is 22.7 Å². The van der Waals surface area contributed by atoms with Gasteiger partial charge >= 0.3 is 0 Å². The van der Waals surface area contributed by atoms with Crippen molar-refractivity contribution in [1.29, 1.82) is 10.5 Å². The first-order chi connectivity index (χ1) is 26.1. The highest BCUT2D eigenvalue weighted by molar-refractivity contribution is 7.20. The van der Waals surface area contributed by atoms with Crippen molar-refractivity contribution in [3.05, 3.63) is 75.4 Å². The lowest BCUT2D eigenvalue weighted by Crippen LogP contribution is -2.46. The maximum atomic E-state index is 9.43. The van der Waals surface area contributed by atoms with E-state index in [-0.39, 0.29) is 0 Å². The Morgan fingerprint density at radius 2 is 1.35 bits per heavy atom. The van der Waals surface area contributed by atoms with Crippen LogP contribution in [-0.4, -0.2) is 90.1 Å². The molecule has 0 fully saturated rings. The van der Waals surface area contributed by atoms with Gasteiger partial charge in [0.25, 0.3) is 0 Å². The van der Waals surface area contributed by atoms with Gasteiger partial charge in [-0.05, 0) is 76.4 Å². The quantitative estimate of drug-likeness (QED) is 0.0460. The first-order valence-corrected chi connectivity index (χ1v) is 19.5. The number of nitrogens with zero attached hydrogens (tertiary/aromatic N) is 8. The van der Waals surface area contributed by atoms with E-state index in [2.05, 4.69) is 71.2 Å². The van der Waals surface area contributed by atoms with Crippen LogP contribution >= 0.6 is 22.7 Å². The molecule has 0 aliphatic heterocycles.